The van der Waals surface area contributed by atoms with E-state index in [1.54, 1.807) is 0 Å². The fourth-order valence-electron chi connectivity index (χ4n) is 2.60. The van der Waals surface area contributed by atoms with Gasteiger partial charge in [-0.2, -0.15) is 10.4 Å². The maximum Gasteiger partial charge on any atom is 0.167 e. The molecule has 0 aliphatic rings. The maximum absolute atomic E-state index is 9.52. The highest BCUT2D eigenvalue weighted by atomic mass is 32.1. The Kier molecular flexibility index (Phi) is 5.31. The van der Waals surface area contributed by atoms with Crippen molar-refractivity contribution in [1.82, 2.24) is 20.4 Å². The number of hydrogen-bond acceptors (Lipinski definition) is 7. The fourth-order valence-corrected chi connectivity index (χ4v) is 3.38. The first-order valence-corrected chi connectivity index (χ1v) is 8.98. The molecule has 0 bridgehead atoms. The molecule has 3 rings (SSSR count). The molecule has 0 fully saturated rings. The minimum atomic E-state index is 0.461. The number of benzene rings is 1. The van der Waals surface area contributed by atoms with Crippen LogP contribution in [0.25, 0.3) is 10.6 Å². The van der Waals surface area contributed by atoms with Crippen LogP contribution in [0.4, 0.5) is 5.82 Å². The third kappa shape index (κ3) is 3.64. The van der Waals surface area contributed by atoms with E-state index in [0.29, 0.717) is 17.9 Å². The lowest BCUT2D eigenvalue weighted by atomic mass is 10.0. The average molecular weight is 350 g/mol. The van der Waals surface area contributed by atoms with Crippen molar-refractivity contribution in [3.05, 3.63) is 52.2 Å². The van der Waals surface area contributed by atoms with Gasteiger partial charge in [-0.05, 0) is 18.4 Å². The molecular weight excluding hydrogens is 332 g/mol. The van der Waals surface area contributed by atoms with Gasteiger partial charge in [-0.3, -0.25) is 0 Å². The van der Waals surface area contributed by atoms with E-state index < -0.39 is 0 Å². The van der Waals surface area contributed by atoms with Crippen LogP contribution in [0, 0.1) is 11.3 Å². The van der Waals surface area contributed by atoms with Crippen molar-refractivity contribution < 1.29 is 0 Å². The zero-order valence-electron chi connectivity index (χ0n) is 14.2. The molecule has 7 heteroatoms. The first-order chi connectivity index (χ1) is 12.3. The van der Waals surface area contributed by atoms with Crippen LogP contribution in [0.5, 0.6) is 0 Å². The van der Waals surface area contributed by atoms with Crippen molar-refractivity contribution >= 4 is 17.2 Å². The number of aryl methyl sites for hydroxylation is 1. The summed E-state index contributed by atoms with van der Waals surface area (Å²) in [6.07, 6.45) is 1.52. The van der Waals surface area contributed by atoms with E-state index in [1.165, 1.54) is 11.3 Å². The van der Waals surface area contributed by atoms with Crippen molar-refractivity contribution in [2.75, 3.05) is 5.32 Å². The van der Waals surface area contributed by atoms with Crippen LogP contribution in [-0.2, 0) is 19.4 Å². The van der Waals surface area contributed by atoms with Gasteiger partial charge < -0.3 is 5.32 Å². The Bertz CT molecular complexity index is 898. The molecule has 0 radical (unpaired) electrons. The highest BCUT2D eigenvalue weighted by molar-refractivity contribution is 7.14. The third-order valence-electron chi connectivity index (χ3n) is 3.85. The molecule has 0 aliphatic carbocycles. The van der Waals surface area contributed by atoms with Crippen LogP contribution < -0.4 is 5.32 Å². The molecule has 1 N–H and O–H groups in total. The molecule has 6 nitrogen and oxygen atoms in total. The Morgan fingerprint density at radius 2 is 1.84 bits per heavy atom. The van der Waals surface area contributed by atoms with Crippen molar-refractivity contribution in [3.63, 3.8) is 0 Å². The van der Waals surface area contributed by atoms with Crippen LogP contribution in [0.3, 0.4) is 0 Å². The van der Waals surface area contributed by atoms with Crippen molar-refractivity contribution in [1.29, 1.82) is 5.26 Å². The minimum absolute atomic E-state index is 0.461. The number of hydrogen-bond donors (Lipinski definition) is 1. The lowest BCUT2D eigenvalue weighted by Crippen LogP contribution is -2.09. The lowest BCUT2D eigenvalue weighted by molar-refractivity contribution is 0.866. The maximum atomic E-state index is 9.52. The molecule has 0 spiro atoms. The van der Waals surface area contributed by atoms with E-state index in [1.807, 2.05) is 44.2 Å². The summed E-state index contributed by atoms with van der Waals surface area (Å²) in [6.45, 7) is 4.50. The largest absolute Gasteiger partial charge is 0.361 e. The van der Waals surface area contributed by atoms with Crippen molar-refractivity contribution in [2.24, 2.45) is 0 Å². The Morgan fingerprint density at radius 3 is 2.52 bits per heavy atom. The van der Waals surface area contributed by atoms with Gasteiger partial charge in [0, 0.05) is 5.56 Å². The van der Waals surface area contributed by atoms with Gasteiger partial charge in [0.05, 0.1) is 12.2 Å². The van der Waals surface area contributed by atoms with Crippen molar-refractivity contribution in [3.8, 4) is 16.6 Å². The van der Waals surface area contributed by atoms with Crippen LogP contribution in [0.15, 0.2) is 30.3 Å². The molecule has 2 heterocycles. The summed E-state index contributed by atoms with van der Waals surface area (Å²) in [5, 5.41) is 31.3. The molecule has 3 aromatic rings. The highest BCUT2D eigenvalue weighted by Gasteiger charge is 2.15. The Balaban J connectivity index is 1.79. The van der Waals surface area contributed by atoms with Gasteiger partial charge in [-0.1, -0.05) is 55.5 Å². The van der Waals surface area contributed by atoms with Crippen LogP contribution in [0.2, 0.25) is 0 Å². The van der Waals surface area contributed by atoms with Crippen LogP contribution in [-0.4, -0.2) is 20.4 Å². The number of nitrogens with one attached hydrogen (secondary N) is 1. The smallest absolute Gasteiger partial charge is 0.167 e. The Labute approximate surface area is 150 Å². The number of aromatic nitrogens is 4. The number of rotatable bonds is 6. The summed E-state index contributed by atoms with van der Waals surface area (Å²) in [4.78, 5) is 0. The van der Waals surface area contributed by atoms with Gasteiger partial charge in [0.2, 0.25) is 0 Å². The molecular formula is C18H18N6S. The summed E-state index contributed by atoms with van der Waals surface area (Å²) < 4.78 is 0. The molecule has 0 saturated heterocycles. The molecule has 1 aromatic carbocycles. The van der Waals surface area contributed by atoms with E-state index >= 15 is 0 Å². The molecule has 0 atom stereocenters. The van der Waals surface area contributed by atoms with Gasteiger partial charge in [-0.15, -0.1) is 15.3 Å². The van der Waals surface area contributed by atoms with Gasteiger partial charge >= 0.3 is 0 Å². The van der Waals surface area contributed by atoms with E-state index in [4.69, 9.17) is 0 Å². The van der Waals surface area contributed by atoms with Gasteiger partial charge in [0.15, 0.2) is 5.82 Å². The number of nitrogens with zero attached hydrogens (tertiary/aromatic N) is 5. The lowest BCUT2D eigenvalue weighted by Gasteiger charge is -2.10. The van der Waals surface area contributed by atoms with Gasteiger partial charge in [0.25, 0.3) is 0 Å². The zero-order valence-corrected chi connectivity index (χ0v) is 15.0. The van der Waals surface area contributed by atoms with Crippen molar-refractivity contribution in [2.45, 2.75) is 33.2 Å². The summed E-state index contributed by atoms with van der Waals surface area (Å²) in [6, 6.07) is 12.2. The number of anilines is 1. The molecule has 0 saturated carbocycles. The molecule has 25 heavy (non-hydrogen) atoms. The predicted molar refractivity (Wildman–Crippen MR) is 98.2 cm³/mol. The van der Waals surface area contributed by atoms with Gasteiger partial charge in [-0.25, -0.2) is 0 Å². The normalized spacial score (nSPS) is 10.4. The third-order valence-corrected chi connectivity index (χ3v) is 4.82. The monoisotopic (exact) mass is 350 g/mol. The topological polar surface area (TPSA) is 87.4 Å². The van der Waals surface area contributed by atoms with Crippen LogP contribution >= 0.6 is 11.3 Å². The Hall–Kier alpha value is -2.85. The second kappa shape index (κ2) is 7.81. The van der Waals surface area contributed by atoms with E-state index in [0.717, 1.165) is 39.7 Å². The quantitative estimate of drug-likeness (QED) is 0.731. The fraction of sp³-hybridized carbons (Fsp3) is 0.278. The van der Waals surface area contributed by atoms with E-state index in [2.05, 4.69) is 31.8 Å². The second-order valence-electron chi connectivity index (χ2n) is 5.39. The minimum Gasteiger partial charge on any atom is -0.361 e. The zero-order chi connectivity index (χ0) is 17.6. The highest BCUT2D eigenvalue weighted by Crippen LogP contribution is 2.24. The second-order valence-corrected chi connectivity index (χ2v) is 6.45. The molecule has 0 unspecified atom stereocenters. The first kappa shape index (κ1) is 17.0. The molecule has 126 valence electrons. The molecule has 0 amide bonds. The SMILES string of the molecule is CCc1nnc(NCc2nnc(-c3ccccc3)s2)c(C#N)c1CC. The first-order valence-electron chi connectivity index (χ1n) is 8.17. The summed E-state index contributed by atoms with van der Waals surface area (Å²) in [5.74, 6) is 0.507. The Morgan fingerprint density at radius 1 is 1.04 bits per heavy atom. The summed E-state index contributed by atoms with van der Waals surface area (Å²) >= 11 is 1.52. The van der Waals surface area contributed by atoms with Crippen LogP contribution in [0.1, 0.15) is 35.7 Å². The summed E-state index contributed by atoms with van der Waals surface area (Å²) in [5.41, 5.74) is 3.46. The molecule has 0 aliphatic heterocycles. The van der Waals surface area contributed by atoms with E-state index in [9.17, 15) is 5.26 Å². The molecule has 2 aromatic heterocycles. The predicted octanol–water partition coefficient (Wildman–Crippen LogP) is 3.60. The van der Waals surface area contributed by atoms with Gasteiger partial charge in [0.1, 0.15) is 21.6 Å². The number of nitriles is 1. The average Bonchev–Trinajstić information content (AvgIpc) is 3.15. The summed E-state index contributed by atoms with van der Waals surface area (Å²) in [7, 11) is 0. The standard InChI is InChI=1S/C18H18N6S/c1-3-13-14(10-19)17(23-21-15(13)4-2)20-11-16-22-24-18(25-16)12-8-6-5-7-9-12/h5-9H,3-4,11H2,1-2H3,(H,20,23). The van der Waals surface area contributed by atoms with E-state index in [-0.39, 0.29) is 0 Å².